The minimum Gasteiger partial charge on any atom is -0.314 e. The summed E-state index contributed by atoms with van der Waals surface area (Å²) in [5.41, 5.74) is 0. The molecule has 0 aliphatic rings. The Morgan fingerprint density at radius 3 is 1.29 bits per heavy atom. The fourth-order valence-corrected chi connectivity index (χ4v) is 7.27. The first-order valence-corrected chi connectivity index (χ1v) is 13.7. The summed E-state index contributed by atoms with van der Waals surface area (Å²) in [4.78, 5) is 0. The molecule has 4 aromatic rings. The van der Waals surface area contributed by atoms with Crippen molar-refractivity contribution in [3.8, 4) is 0 Å². The van der Waals surface area contributed by atoms with Crippen molar-refractivity contribution in [3.05, 3.63) is 121 Å². The van der Waals surface area contributed by atoms with Crippen LogP contribution in [0.4, 0.5) is 0 Å². The maximum absolute atomic E-state index is 13.4. The minimum atomic E-state index is -2.44. The average Bonchev–Trinajstić information content (AvgIpc) is 2.85. The third-order valence-corrected chi connectivity index (χ3v) is 9.46. The zero-order valence-corrected chi connectivity index (χ0v) is 19.9. The van der Waals surface area contributed by atoms with Gasteiger partial charge in [0.05, 0.1) is 0 Å². The van der Waals surface area contributed by atoms with Crippen molar-refractivity contribution in [2.75, 3.05) is 6.16 Å². The lowest BCUT2D eigenvalue weighted by atomic mass is 10.4. The van der Waals surface area contributed by atoms with E-state index in [1.807, 2.05) is 60.7 Å². The fourth-order valence-electron chi connectivity index (χ4n) is 3.34. The van der Waals surface area contributed by atoms with Crippen LogP contribution in [0, 0.1) is 0 Å². The molecular formula is C28H30OP2. The van der Waals surface area contributed by atoms with Gasteiger partial charge in [-0.05, 0) is 17.0 Å². The first kappa shape index (κ1) is 23.2. The monoisotopic (exact) mass is 444 g/mol. The Balaban J connectivity index is 0.000000185. The molecule has 0 unspecified atom stereocenters. The van der Waals surface area contributed by atoms with Gasteiger partial charge in [-0.1, -0.05) is 143 Å². The summed E-state index contributed by atoms with van der Waals surface area (Å²) >= 11 is 0. The Labute approximate surface area is 188 Å². The lowest BCUT2D eigenvalue weighted by molar-refractivity contribution is 0.585. The first-order chi connectivity index (χ1) is 15.2. The highest BCUT2D eigenvalue weighted by Crippen LogP contribution is 2.44. The van der Waals surface area contributed by atoms with Crippen LogP contribution in [-0.2, 0) is 4.57 Å². The second-order valence-electron chi connectivity index (χ2n) is 7.35. The number of hydrogen-bond donors (Lipinski definition) is 0. The highest BCUT2D eigenvalue weighted by atomic mass is 31.2. The van der Waals surface area contributed by atoms with Gasteiger partial charge < -0.3 is 4.57 Å². The molecule has 31 heavy (non-hydrogen) atoms. The van der Waals surface area contributed by atoms with Crippen LogP contribution in [0.5, 0.6) is 0 Å². The lowest BCUT2D eigenvalue weighted by Crippen LogP contribution is -2.18. The van der Waals surface area contributed by atoms with Crippen LogP contribution in [0.25, 0.3) is 0 Å². The van der Waals surface area contributed by atoms with E-state index in [9.17, 15) is 4.57 Å². The molecule has 0 radical (unpaired) electrons. The van der Waals surface area contributed by atoms with Crippen molar-refractivity contribution in [1.82, 2.24) is 0 Å². The molecule has 0 fully saturated rings. The van der Waals surface area contributed by atoms with Crippen LogP contribution >= 0.6 is 15.7 Å². The molecule has 158 valence electrons. The van der Waals surface area contributed by atoms with Crippen LogP contribution < -0.4 is 21.2 Å². The summed E-state index contributed by atoms with van der Waals surface area (Å²) < 4.78 is 13.4. The largest absolute Gasteiger partial charge is 0.314 e. The highest BCUT2D eigenvalue weighted by molar-refractivity contribution is 7.78. The Morgan fingerprint density at radius 1 is 0.581 bits per heavy atom. The topological polar surface area (TPSA) is 17.1 Å². The van der Waals surface area contributed by atoms with Crippen molar-refractivity contribution >= 4 is 36.9 Å². The molecule has 4 rings (SSSR count). The van der Waals surface area contributed by atoms with E-state index in [2.05, 4.69) is 67.6 Å². The second kappa shape index (κ2) is 12.4. The molecule has 0 bridgehead atoms. The molecule has 1 nitrogen and oxygen atoms in total. The molecule has 0 heterocycles. The van der Waals surface area contributed by atoms with Gasteiger partial charge in [0.15, 0.2) is 0 Å². The zero-order valence-electron chi connectivity index (χ0n) is 18.0. The quantitative estimate of drug-likeness (QED) is 0.314. The van der Waals surface area contributed by atoms with Gasteiger partial charge in [0, 0.05) is 16.8 Å². The minimum absolute atomic E-state index is 0.761. The van der Waals surface area contributed by atoms with Gasteiger partial charge in [-0.25, -0.2) is 0 Å². The summed E-state index contributed by atoms with van der Waals surface area (Å²) in [5, 5.41) is 4.75. The smallest absolute Gasteiger partial charge is 0.143 e. The number of benzene rings is 4. The number of rotatable bonds is 7. The molecule has 4 aromatic carbocycles. The highest BCUT2D eigenvalue weighted by Gasteiger charge is 2.25. The van der Waals surface area contributed by atoms with Crippen molar-refractivity contribution in [1.29, 1.82) is 0 Å². The summed E-state index contributed by atoms with van der Waals surface area (Å²) in [7, 11) is -1.66. The average molecular weight is 444 g/mol. The third kappa shape index (κ3) is 7.03. The van der Waals surface area contributed by atoms with Gasteiger partial charge >= 0.3 is 0 Å². The van der Waals surface area contributed by atoms with Gasteiger partial charge in [0.2, 0.25) is 0 Å². The van der Waals surface area contributed by atoms with Crippen LogP contribution in [0.1, 0.15) is 19.8 Å². The Bertz CT molecular complexity index is 968. The van der Waals surface area contributed by atoms with Crippen LogP contribution in [0.3, 0.4) is 0 Å². The molecule has 0 atom stereocenters. The van der Waals surface area contributed by atoms with Crippen molar-refractivity contribution in [2.45, 2.75) is 19.8 Å². The van der Waals surface area contributed by atoms with Gasteiger partial charge in [0.1, 0.15) is 7.14 Å². The lowest BCUT2D eigenvalue weighted by Gasteiger charge is -2.19. The Morgan fingerprint density at radius 2 is 0.935 bits per heavy atom. The standard InChI is InChI=1S/C16H19OP.C12H11P/c1-2-3-14-18(17,15-10-6-4-7-11-15)16-12-8-5-9-13-16;1-3-7-11(8-4-1)13-12-9-5-2-6-10-12/h4-13H,2-3,14H2,1H3;1-10,13H. The molecule has 0 aliphatic carbocycles. The fraction of sp³-hybridized carbons (Fsp3) is 0.143. The van der Waals surface area contributed by atoms with Crippen molar-refractivity contribution in [2.24, 2.45) is 0 Å². The number of hydrogen-bond acceptors (Lipinski definition) is 1. The predicted octanol–water partition coefficient (Wildman–Crippen LogP) is 6.12. The van der Waals surface area contributed by atoms with E-state index in [-0.39, 0.29) is 0 Å². The molecular weight excluding hydrogens is 414 g/mol. The maximum Gasteiger partial charge on any atom is 0.143 e. The van der Waals surface area contributed by atoms with E-state index >= 15 is 0 Å². The molecule has 0 spiro atoms. The second-order valence-corrected chi connectivity index (χ2v) is 11.7. The SMILES string of the molecule is CCCCP(=O)(c1ccccc1)c1ccccc1.c1ccc(Pc2ccccc2)cc1. The summed E-state index contributed by atoms with van der Waals surface area (Å²) in [6.45, 7) is 2.14. The molecule has 0 saturated carbocycles. The molecule has 0 N–H and O–H groups in total. The van der Waals surface area contributed by atoms with Gasteiger partial charge in [-0.3, -0.25) is 0 Å². The van der Waals surface area contributed by atoms with E-state index in [1.165, 1.54) is 10.6 Å². The predicted molar refractivity (Wildman–Crippen MR) is 140 cm³/mol. The molecule has 0 saturated heterocycles. The summed E-state index contributed by atoms with van der Waals surface area (Å²) in [6, 6.07) is 40.9. The van der Waals surface area contributed by atoms with Crippen LogP contribution in [-0.4, -0.2) is 6.16 Å². The Hall–Kier alpha value is -2.46. The molecule has 0 aliphatic heterocycles. The van der Waals surface area contributed by atoms with Crippen molar-refractivity contribution < 1.29 is 4.57 Å². The molecule has 0 aromatic heterocycles. The Kier molecular flexibility index (Phi) is 9.29. The maximum atomic E-state index is 13.4. The normalized spacial score (nSPS) is 10.7. The molecule has 0 amide bonds. The van der Waals surface area contributed by atoms with Gasteiger partial charge in [-0.15, -0.1) is 0 Å². The zero-order chi connectivity index (χ0) is 21.8. The van der Waals surface area contributed by atoms with E-state index in [0.29, 0.717) is 0 Å². The third-order valence-electron chi connectivity index (χ3n) is 5.01. The van der Waals surface area contributed by atoms with Gasteiger partial charge in [-0.2, -0.15) is 0 Å². The summed E-state index contributed by atoms with van der Waals surface area (Å²) in [5.74, 6) is 0. The van der Waals surface area contributed by atoms with E-state index in [4.69, 9.17) is 0 Å². The van der Waals surface area contributed by atoms with E-state index in [1.54, 1.807) is 0 Å². The summed E-state index contributed by atoms with van der Waals surface area (Å²) in [6.07, 6.45) is 2.84. The van der Waals surface area contributed by atoms with Crippen molar-refractivity contribution in [3.63, 3.8) is 0 Å². The van der Waals surface area contributed by atoms with Crippen LogP contribution in [0.15, 0.2) is 121 Å². The van der Waals surface area contributed by atoms with Crippen LogP contribution in [0.2, 0.25) is 0 Å². The molecule has 3 heteroatoms. The van der Waals surface area contributed by atoms with E-state index < -0.39 is 7.14 Å². The van der Waals surface area contributed by atoms with Gasteiger partial charge in [0.25, 0.3) is 0 Å². The number of unbranched alkanes of at least 4 members (excludes halogenated alkanes) is 1. The van der Waals surface area contributed by atoms with E-state index in [0.717, 1.165) is 38.2 Å². The first-order valence-electron chi connectivity index (χ1n) is 10.8.